The van der Waals surface area contributed by atoms with Crippen LogP contribution in [-0.2, 0) is 6.54 Å². The number of benzene rings is 1. The predicted molar refractivity (Wildman–Crippen MR) is 85.4 cm³/mol. The fourth-order valence-electron chi connectivity index (χ4n) is 1.87. The highest BCUT2D eigenvalue weighted by molar-refractivity contribution is 9.10. The van der Waals surface area contributed by atoms with Crippen molar-refractivity contribution < 1.29 is 9.90 Å². The molecule has 1 unspecified atom stereocenters. The van der Waals surface area contributed by atoms with Crippen molar-refractivity contribution in [2.75, 3.05) is 0 Å². The average Bonchev–Trinajstić information content (AvgIpc) is 2.83. The van der Waals surface area contributed by atoms with Crippen LogP contribution in [0.4, 0.5) is 0 Å². The van der Waals surface area contributed by atoms with Gasteiger partial charge in [0.25, 0.3) is 0 Å². The summed E-state index contributed by atoms with van der Waals surface area (Å²) in [5, 5.41) is 12.4. The van der Waals surface area contributed by atoms with Gasteiger partial charge in [-0.15, -0.1) is 11.3 Å². The summed E-state index contributed by atoms with van der Waals surface area (Å²) >= 11 is 5.21. The third kappa shape index (κ3) is 3.69. The van der Waals surface area contributed by atoms with Crippen molar-refractivity contribution in [1.82, 2.24) is 5.32 Å². The van der Waals surface area contributed by atoms with E-state index in [0.717, 1.165) is 10.0 Å². The van der Waals surface area contributed by atoms with Gasteiger partial charge in [0.05, 0.1) is 5.56 Å². The van der Waals surface area contributed by atoms with Crippen molar-refractivity contribution in [3.63, 3.8) is 0 Å². The Bertz CT molecular complexity index is 624. The molecule has 1 aromatic heterocycles. The van der Waals surface area contributed by atoms with Crippen molar-refractivity contribution in [2.24, 2.45) is 0 Å². The first kappa shape index (κ1) is 15.2. The molecule has 0 spiro atoms. The van der Waals surface area contributed by atoms with Crippen molar-refractivity contribution >= 4 is 33.2 Å². The lowest BCUT2D eigenvalue weighted by Crippen LogP contribution is -2.17. The Labute approximate surface area is 130 Å². The molecule has 0 radical (unpaired) electrons. The number of carboxylic acid groups (broad SMARTS) is 1. The van der Waals surface area contributed by atoms with Crippen LogP contribution in [-0.4, -0.2) is 11.1 Å². The smallest absolute Gasteiger partial charge is 0.335 e. The second-order valence-corrected chi connectivity index (χ2v) is 6.84. The second kappa shape index (κ2) is 6.52. The summed E-state index contributed by atoms with van der Waals surface area (Å²) in [6.45, 7) is 4.92. The molecule has 0 fully saturated rings. The first-order valence-corrected chi connectivity index (χ1v) is 7.89. The molecule has 106 valence electrons. The minimum atomic E-state index is -0.910. The van der Waals surface area contributed by atoms with Gasteiger partial charge >= 0.3 is 5.97 Å². The Balaban J connectivity index is 2.02. The number of thiophene rings is 1. The van der Waals surface area contributed by atoms with E-state index in [9.17, 15) is 4.79 Å². The van der Waals surface area contributed by atoms with Gasteiger partial charge in [0, 0.05) is 26.8 Å². The molecule has 5 heteroatoms. The lowest BCUT2D eigenvalue weighted by molar-refractivity contribution is 0.0697. The fourth-order valence-corrected chi connectivity index (χ4v) is 3.30. The van der Waals surface area contributed by atoms with Gasteiger partial charge < -0.3 is 10.4 Å². The Morgan fingerprint density at radius 2 is 2.15 bits per heavy atom. The van der Waals surface area contributed by atoms with E-state index in [1.807, 2.05) is 6.07 Å². The number of halogens is 1. The van der Waals surface area contributed by atoms with Crippen LogP contribution in [0, 0.1) is 6.92 Å². The zero-order valence-corrected chi connectivity index (χ0v) is 13.7. The van der Waals surface area contributed by atoms with Crippen molar-refractivity contribution in [2.45, 2.75) is 26.4 Å². The molecule has 0 aliphatic carbocycles. The molecule has 0 saturated carbocycles. The summed E-state index contributed by atoms with van der Waals surface area (Å²) in [4.78, 5) is 13.5. The Morgan fingerprint density at radius 1 is 1.40 bits per heavy atom. The monoisotopic (exact) mass is 353 g/mol. The number of hydrogen-bond donors (Lipinski definition) is 2. The molecular weight excluding hydrogens is 338 g/mol. The Kier molecular flexibility index (Phi) is 4.96. The van der Waals surface area contributed by atoms with E-state index in [1.54, 1.807) is 23.5 Å². The molecule has 2 aromatic rings. The molecule has 0 amide bonds. The van der Waals surface area contributed by atoms with E-state index < -0.39 is 5.97 Å². The normalized spacial score (nSPS) is 12.3. The van der Waals surface area contributed by atoms with Gasteiger partial charge in [0.2, 0.25) is 0 Å². The molecule has 1 aromatic carbocycles. The van der Waals surface area contributed by atoms with E-state index in [1.165, 1.54) is 9.75 Å². The van der Waals surface area contributed by atoms with Crippen molar-refractivity contribution in [3.8, 4) is 0 Å². The van der Waals surface area contributed by atoms with Gasteiger partial charge in [-0.2, -0.15) is 0 Å². The highest BCUT2D eigenvalue weighted by Gasteiger charge is 2.10. The number of nitrogens with one attached hydrogen (secondary N) is 1. The maximum Gasteiger partial charge on any atom is 0.335 e. The van der Waals surface area contributed by atoms with Crippen molar-refractivity contribution in [3.05, 3.63) is 55.7 Å². The first-order valence-electron chi connectivity index (χ1n) is 6.29. The molecule has 0 aliphatic rings. The maximum atomic E-state index is 10.9. The molecular formula is C15H16BrNO2S. The summed E-state index contributed by atoms with van der Waals surface area (Å²) in [6.07, 6.45) is 0. The number of rotatable bonds is 5. The lowest BCUT2D eigenvalue weighted by atomic mass is 10.1. The largest absolute Gasteiger partial charge is 0.478 e. The molecule has 2 N–H and O–H groups in total. The van der Waals surface area contributed by atoms with Crippen LogP contribution in [0.25, 0.3) is 0 Å². The van der Waals surface area contributed by atoms with E-state index in [-0.39, 0.29) is 6.04 Å². The highest BCUT2D eigenvalue weighted by atomic mass is 79.9. The molecule has 1 atom stereocenters. The van der Waals surface area contributed by atoms with E-state index in [4.69, 9.17) is 5.11 Å². The zero-order chi connectivity index (χ0) is 14.7. The quantitative estimate of drug-likeness (QED) is 0.838. The van der Waals surface area contributed by atoms with E-state index in [2.05, 4.69) is 47.2 Å². The molecule has 1 heterocycles. The lowest BCUT2D eigenvalue weighted by Gasteiger charge is -2.13. The topological polar surface area (TPSA) is 49.3 Å². The van der Waals surface area contributed by atoms with Gasteiger partial charge in [-0.1, -0.05) is 22.0 Å². The molecule has 0 saturated heterocycles. The zero-order valence-electron chi connectivity index (χ0n) is 11.3. The van der Waals surface area contributed by atoms with Crippen LogP contribution in [0.15, 0.2) is 34.8 Å². The first-order chi connectivity index (χ1) is 9.47. The summed E-state index contributed by atoms with van der Waals surface area (Å²) in [6, 6.07) is 9.64. The standard InChI is InChI=1S/C15H16BrNO2S/c1-9-3-6-14(20-9)10(2)17-8-12-5-4-11(15(18)19)7-13(12)16/h3-7,10,17H,8H2,1-2H3,(H,18,19). The minimum absolute atomic E-state index is 0.278. The van der Waals surface area contributed by atoms with Gasteiger partial charge in [-0.25, -0.2) is 4.79 Å². The number of aryl methyl sites for hydroxylation is 1. The molecule has 0 bridgehead atoms. The third-order valence-electron chi connectivity index (χ3n) is 3.09. The van der Waals surface area contributed by atoms with Crippen LogP contribution >= 0.6 is 27.3 Å². The molecule has 2 rings (SSSR count). The highest BCUT2D eigenvalue weighted by Crippen LogP contribution is 2.24. The van der Waals surface area contributed by atoms with Gasteiger partial charge in [-0.3, -0.25) is 0 Å². The SMILES string of the molecule is Cc1ccc(C(C)NCc2ccc(C(=O)O)cc2Br)s1. The van der Waals surface area contributed by atoms with Crippen molar-refractivity contribution in [1.29, 1.82) is 0 Å². The second-order valence-electron chi connectivity index (χ2n) is 4.66. The summed E-state index contributed by atoms with van der Waals surface area (Å²) in [7, 11) is 0. The number of aromatic carboxylic acids is 1. The van der Waals surface area contributed by atoms with E-state index >= 15 is 0 Å². The summed E-state index contributed by atoms with van der Waals surface area (Å²) < 4.78 is 0.819. The van der Waals surface area contributed by atoms with Crippen LogP contribution in [0.5, 0.6) is 0 Å². The van der Waals surface area contributed by atoms with Crippen LogP contribution < -0.4 is 5.32 Å². The van der Waals surface area contributed by atoms with Crippen LogP contribution in [0.1, 0.15) is 38.6 Å². The number of carbonyl (C=O) groups is 1. The summed E-state index contributed by atoms with van der Waals surface area (Å²) in [5.74, 6) is -0.910. The van der Waals surface area contributed by atoms with Gasteiger partial charge in [0.15, 0.2) is 0 Å². The molecule has 20 heavy (non-hydrogen) atoms. The molecule has 0 aliphatic heterocycles. The Hall–Kier alpha value is -1.17. The minimum Gasteiger partial charge on any atom is -0.478 e. The predicted octanol–water partition coefficient (Wildman–Crippen LogP) is 4.37. The Morgan fingerprint density at radius 3 is 2.70 bits per heavy atom. The van der Waals surface area contributed by atoms with Gasteiger partial charge in [0.1, 0.15) is 0 Å². The maximum absolute atomic E-state index is 10.9. The number of carboxylic acids is 1. The third-order valence-corrected chi connectivity index (χ3v) is 5.01. The average molecular weight is 354 g/mol. The fraction of sp³-hybridized carbons (Fsp3) is 0.267. The summed E-state index contributed by atoms with van der Waals surface area (Å²) in [5.41, 5.74) is 1.35. The molecule has 3 nitrogen and oxygen atoms in total. The van der Waals surface area contributed by atoms with Crippen LogP contribution in [0.3, 0.4) is 0 Å². The van der Waals surface area contributed by atoms with Crippen LogP contribution in [0.2, 0.25) is 0 Å². The number of hydrogen-bond acceptors (Lipinski definition) is 3. The van der Waals surface area contributed by atoms with E-state index in [0.29, 0.717) is 12.1 Å². The van der Waals surface area contributed by atoms with Gasteiger partial charge in [-0.05, 0) is 43.7 Å².